The maximum absolute atomic E-state index is 9.54. The fourth-order valence-electron chi connectivity index (χ4n) is 2.51. The van der Waals surface area contributed by atoms with Crippen molar-refractivity contribution in [1.29, 1.82) is 0 Å². The van der Waals surface area contributed by atoms with E-state index < -0.39 is 12.1 Å². The molecule has 0 radical (unpaired) electrons. The number of aliphatic hydroxyl groups is 2. The summed E-state index contributed by atoms with van der Waals surface area (Å²) in [5, 5.41) is 18.3. The minimum absolute atomic E-state index is 0.178. The van der Waals surface area contributed by atoms with Gasteiger partial charge >= 0.3 is 0 Å². The minimum Gasteiger partial charge on any atom is -0.395 e. The quantitative estimate of drug-likeness (QED) is 0.314. The molecule has 0 aromatic rings. The summed E-state index contributed by atoms with van der Waals surface area (Å²) in [5.41, 5.74) is 5.52. The molecule has 0 saturated carbocycles. The van der Waals surface area contributed by atoms with Gasteiger partial charge in [-0.2, -0.15) is 0 Å². The number of hydrogen-bond acceptors (Lipinski definition) is 3. The first kappa shape index (κ1) is 21.6. The standard InChI is InChI=1S/C19H39NO2/c1-3-17(2)14-12-10-8-6-4-5-7-9-11-13-15-19(22)18(20)16-21/h13,15,17-19,21-22H,3-12,14,16,20H2,1-2H3/b15-13+. The highest BCUT2D eigenvalue weighted by atomic mass is 16.3. The Hall–Kier alpha value is -0.380. The van der Waals surface area contributed by atoms with Crippen LogP contribution in [0.1, 0.15) is 84.5 Å². The zero-order valence-electron chi connectivity index (χ0n) is 14.8. The number of aliphatic hydroxyl groups excluding tert-OH is 2. The highest BCUT2D eigenvalue weighted by Gasteiger charge is 2.08. The van der Waals surface area contributed by atoms with Crippen molar-refractivity contribution in [1.82, 2.24) is 0 Å². The molecule has 3 heteroatoms. The van der Waals surface area contributed by atoms with E-state index in [0.717, 1.165) is 12.3 Å². The molecule has 0 aliphatic rings. The third kappa shape index (κ3) is 13.3. The topological polar surface area (TPSA) is 66.5 Å². The lowest BCUT2D eigenvalue weighted by atomic mass is 9.99. The zero-order valence-corrected chi connectivity index (χ0v) is 14.8. The van der Waals surface area contributed by atoms with Gasteiger partial charge < -0.3 is 15.9 Å². The van der Waals surface area contributed by atoms with E-state index in [0.29, 0.717) is 0 Å². The van der Waals surface area contributed by atoms with Gasteiger partial charge in [0.15, 0.2) is 0 Å². The lowest BCUT2D eigenvalue weighted by molar-refractivity contribution is 0.144. The van der Waals surface area contributed by atoms with Gasteiger partial charge in [0.25, 0.3) is 0 Å². The van der Waals surface area contributed by atoms with Crippen LogP contribution < -0.4 is 5.73 Å². The maximum Gasteiger partial charge on any atom is 0.0894 e. The summed E-state index contributed by atoms with van der Waals surface area (Å²) >= 11 is 0. The first-order chi connectivity index (χ1) is 10.6. The van der Waals surface area contributed by atoms with Crippen LogP contribution in [0, 0.1) is 5.92 Å². The van der Waals surface area contributed by atoms with Gasteiger partial charge in [-0.05, 0) is 18.8 Å². The van der Waals surface area contributed by atoms with Crippen LogP contribution in [0.25, 0.3) is 0 Å². The van der Waals surface area contributed by atoms with E-state index in [-0.39, 0.29) is 6.61 Å². The number of allylic oxidation sites excluding steroid dienone is 1. The van der Waals surface area contributed by atoms with Crippen LogP contribution in [0.4, 0.5) is 0 Å². The van der Waals surface area contributed by atoms with Gasteiger partial charge in [0.05, 0.1) is 18.8 Å². The third-order valence-electron chi connectivity index (χ3n) is 4.50. The summed E-state index contributed by atoms with van der Waals surface area (Å²) in [6.45, 7) is 4.45. The Morgan fingerprint density at radius 3 is 2.05 bits per heavy atom. The normalized spacial score (nSPS) is 16.0. The molecule has 0 aliphatic heterocycles. The second kappa shape index (κ2) is 15.5. The van der Waals surface area contributed by atoms with Gasteiger partial charge in [-0.15, -0.1) is 0 Å². The van der Waals surface area contributed by atoms with Crippen molar-refractivity contribution in [2.24, 2.45) is 11.7 Å². The summed E-state index contributed by atoms with van der Waals surface area (Å²) in [6.07, 6.45) is 17.3. The summed E-state index contributed by atoms with van der Waals surface area (Å²) in [7, 11) is 0. The van der Waals surface area contributed by atoms with Crippen LogP contribution in [0.2, 0.25) is 0 Å². The molecule has 22 heavy (non-hydrogen) atoms. The van der Waals surface area contributed by atoms with Crippen molar-refractivity contribution < 1.29 is 10.2 Å². The Kier molecular flexibility index (Phi) is 15.2. The molecule has 0 aromatic heterocycles. The highest BCUT2D eigenvalue weighted by molar-refractivity contribution is 4.93. The monoisotopic (exact) mass is 313 g/mol. The number of hydrogen-bond donors (Lipinski definition) is 3. The van der Waals surface area contributed by atoms with Crippen LogP contribution in [0.5, 0.6) is 0 Å². The van der Waals surface area contributed by atoms with Crippen LogP contribution >= 0.6 is 0 Å². The maximum atomic E-state index is 9.54. The SMILES string of the molecule is CCC(C)CCCCCCCCCC/C=C/C(O)C(N)CO. The summed E-state index contributed by atoms with van der Waals surface area (Å²) in [6, 6.07) is -0.559. The molecule has 132 valence electrons. The first-order valence-electron chi connectivity index (χ1n) is 9.33. The Morgan fingerprint density at radius 2 is 1.50 bits per heavy atom. The van der Waals surface area contributed by atoms with E-state index in [1.54, 1.807) is 6.08 Å². The van der Waals surface area contributed by atoms with Gasteiger partial charge in [-0.1, -0.05) is 83.8 Å². The molecule has 0 rings (SSSR count). The van der Waals surface area contributed by atoms with E-state index in [4.69, 9.17) is 10.8 Å². The van der Waals surface area contributed by atoms with Crippen LogP contribution in [-0.4, -0.2) is 29.0 Å². The second-order valence-corrected chi connectivity index (χ2v) is 6.68. The van der Waals surface area contributed by atoms with Crippen molar-refractivity contribution in [2.75, 3.05) is 6.61 Å². The Balaban J connectivity index is 3.25. The molecular weight excluding hydrogens is 274 g/mol. The van der Waals surface area contributed by atoms with Crippen molar-refractivity contribution in [2.45, 2.75) is 96.6 Å². The van der Waals surface area contributed by atoms with Gasteiger partial charge in [0.1, 0.15) is 0 Å². The van der Waals surface area contributed by atoms with E-state index >= 15 is 0 Å². The first-order valence-corrected chi connectivity index (χ1v) is 9.33. The van der Waals surface area contributed by atoms with E-state index in [1.165, 1.54) is 64.2 Å². The molecular formula is C19H39NO2. The average molecular weight is 314 g/mol. The summed E-state index contributed by atoms with van der Waals surface area (Å²) < 4.78 is 0. The Bertz CT molecular complexity index is 256. The molecule has 0 aliphatic carbocycles. The van der Waals surface area contributed by atoms with Gasteiger partial charge in [0, 0.05) is 0 Å². The van der Waals surface area contributed by atoms with Gasteiger partial charge in [-0.25, -0.2) is 0 Å². The minimum atomic E-state index is -0.722. The lowest BCUT2D eigenvalue weighted by Gasteiger charge is -2.11. The van der Waals surface area contributed by atoms with Crippen LogP contribution in [0.15, 0.2) is 12.2 Å². The molecule has 0 bridgehead atoms. The molecule has 4 N–H and O–H groups in total. The second-order valence-electron chi connectivity index (χ2n) is 6.68. The number of nitrogens with two attached hydrogens (primary N) is 1. The average Bonchev–Trinajstić information content (AvgIpc) is 2.54. The Labute approximate surface area is 138 Å². The van der Waals surface area contributed by atoms with E-state index in [2.05, 4.69) is 13.8 Å². The summed E-state index contributed by atoms with van der Waals surface area (Å²) in [5.74, 6) is 0.901. The van der Waals surface area contributed by atoms with Crippen LogP contribution in [-0.2, 0) is 0 Å². The molecule has 3 unspecified atom stereocenters. The summed E-state index contributed by atoms with van der Waals surface area (Å²) in [4.78, 5) is 0. The molecule has 0 heterocycles. The fourth-order valence-corrected chi connectivity index (χ4v) is 2.51. The molecule has 0 saturated heterocycles. The highest BCUT2D eigenvalue weighted by Crippen LogP contribution is 2.15. The van der Waals surface area contributed by atoms with Crippen molar-refractivity contribution in [3.8, 4) is 0 Å². The molecule has 3 nitrogen and oxygen atoms in total. The zero-order chi connectivity index (χ0) is 16.6. The number of rotatable bonds is 15. The van der Waals surface area contributed by atoms with Gasteiger partial charge in [0.2, 0.25) is 0 Å². The lowest BCUT2D eigenvalue weighted by Crippen LogP contribution is -2.36. The van der Waals surface area contributed by atoms with E-state index in [1.807, 2.05) is 6.08 Å². The largest absolute Gasteiger partial charge is 0.395 e. The molecule has 0 spiro atoms. The third-order valence-corrected chi connectivity index (χ3v) is 4.50. The van der Waals surface area contributed by atoms with E-state index in [9.17, 15) is 5.11 Å². The predicted octanol–water partition coefficient (Wildman–Crippen LogP) is 4.17. The smallest absolute Gasteiger partial charge is 0.0894 e. The molecule has 0 aromatic carbocycles. The van der Waals surface area contributed by atoms with Crippen molar-refractivity contribution in [3.05, 3.63) is 12.2 Å². The number of unbranched alkanes of at least 4 members (excludes halogenated alkanes) is 8. The van der Waals surface area contributed by atoms with Crippen LogP contribution in [0.3, 0.4) is 0 Å². The van der Waals surface area contributed by atoms with Gasteiger partial charge in [-0.3, -0.25) is 0 Å². The molecule has 0 amide bonds. The van der Waals surface area contributed by atoms with Crippen molar-refractivity contribution in [3.63, 3.8) is 0 Å². The Morgan fingerprint density at radius 1 is 0.955 bits per heavy atom. The molecule has 3 atom stereocenters. The van der Waals surface area contributed by atoms with Crippen molar-refractivity contribution >= 4 is 0 Å². The predicted molar refractivity (Wildman–Crippen MR) is 95.8 cm³/mol. The fraction of sp³-hybridized carbons (Fsp3) is 0.895. The molecule has 0 fully saturated rings.